The number of fused-ring (bicyclic) bond motifs is 2. The molecule has 3 N–H and O–H groups in total. The average molecular weight is 407 g/mol. The zero-order chi connectivity index (χ0) is 21.4. The summed E-state index contributed by atoms with van der Waals surface area (Å²) in [6, 6.07) is 20.2. The number of carbonyl (C=O) groups excluding carboxylic acids is 1. The highest BCUT2D eigenvalue weighted by molar-refractivity contribution is 6.34. The van der Waals surface area contributed by atoms with Crippen molar-refractivity contribution in [3.8, 4) is 0 Å². The Bertz CT molecular complexity index is 1400. The Hall–Kier alpha value is -4.45. The number of carboxylic acids is 1. The van der Waals surface area contributed by atoms with Gasteiger partial charge in [0.15, 0.2) is 0 Å². The molecule has 1 aromatic heterocycles. The van der Waals surface area contributed by atoms with E-state index in [1.165, 1.54) is 0 Å². The van der Waals surface area contributed by atoms with Gasteiger partial charge in [-0.05, 0) is 53.6 Å². The van der Waals surface area contributed by atoms with E-state index >= 15 is 0 Å². The summed E-state index contributed by atoms with van der Waals surface area (Å²) in [7, 11) is 0. The van der Waals surface area contributed by atoms with E-state index in [0.717, 1.165) is 39.0 Å². The Morgan fingerprint density at radius 3 is 2.52 bits per heavy atom. The highest BCUT2D eigenvalue weighted by atomic mass is 16.4. The Labute approximate surface area is 177 Å². The second kappa shape index (κ2) is 7.42. The van der Waals surface area contributed by atoms with Crippen LogP contribution in [-0.4, -0.2) is 27.2 Å². The standard InChI is InChI=1S/C25H17N3O3/c29-24-20(18-3-1-2-4-21(18)26-24)13-16-7-11-19-22(27-28-23(19)14-16)12-8-15-5-9-17(10-6-15)25(30)31/h1-14H,(H,26,29)(H,27,28)(H,30,31)/b12-8?,20-13+. The Morgan fingerprint density at radius 1 is 0.935 bits per heavy atom. The molecule has 6 heteroatoms. The van der Waals surface area contributed by atoms with Crippen molar-refractivity contribution in [3.05, 3.63) is 94.7 Å². The van der Waals surface area contributed by atoms with Crippen LogP contribution in [0.4, 0.5) is 5.69 Å². The number of aromatic amines is 1. The molecule has 1 aliphatic heterocycles. The molecule has 0 spiro atoms. The lowest BCUT2D eigenvalue weighted by Gasteiger charge is -1.99. The van der Waals surface area contributed by atoms with E-state index in [1.807, 2.05) is 60.7 Å². The number of carbonyl (C=O) groups is 2. The maximum atomic E-state index is 12.3. The van der Waals surface area contributed by atoms with Crippen molar-refractivity contribution in [2.75, 3.05) is 5.32 Å². The fourth-order valence-electron chi connectivity index (χ4n) is 3.64. The number of nitrogens with zero attached hydrogens (tertiary/aromatic N) is 1. The number of amides is 1. The lowest BCUT2D eigenvalue weighted by atomic mass is 10.0. The van der Waals surface area contributed by atoms with Crippen LogP contribution in [0.3, 0.4) is 0 Å². The quantitative estimate of drug-likeness (QED) is 0.418. The van der Waals surface area contributed by atoms with Crippen molar-refractivity contribution in [1.82, 2.24) is 10.2 Å². The highest BCUT2D eigenvalue weighted by Crippen LogP contribution is 2.33. The van der Waals surface area contributed by atoms with E-state index in [1.54, 1.807) is 24.3 Å². The number of benzene rings is 3. The summed E-state index contributed by atoms with van der Waals surface area (Å²) in [6.07, 6.45) is 5.64. The highest BCUT2D eigenvalue weighted by Gasteiger charge is 2.23. The van der Waals surface area contributed by atoms with E-state index in [4.69, 9.17) is 5.11 Å². The van der Waals surface area contributed by atoms with Crippen LogP contribution in [0.25, 0.3) is 34.7 Å². The minimum Gasteiger partial charge on any atom is -0.478 e. The van der Waals surface area contributed by atoms with Crippen LogP contribution < -0.4 is 5.32 Å². The molecule has 0 saturated heterocycles. The molecule has 0 atom stereocenters. The van der Waals surface area contributed by atoms with Gasteiger partial charge in [0.2, 0.25) is 0 Å². The number of rotatable bonds is 4. The summed E-state index contributed by atoms with van der Waals surface area (Å²) in [6.45, 7) is 0. The predicted octanol–water partition coefficient (Wildman–Crippen LogP) is 4.92. The van der Waals surface area contributed by atoms with Crippen LogP contribution in [-0.2, 0) is 4.79 Å². The molecular formula is C25H17N3O3. The molecule has 150 valence electrons. The van der Waals surface area contributed by atoms with Gasteiger partial charge in [0.05, 0.1) is 16.8 Å². The van der Waals surface area contributed by atoms with Crippen molar-refractivity contribution < 1.29 is 14.7 Å². The van der Waals surface area contributed by atoms with Crippen LogP contribution >= 0.6 is 0 Å². The van der Waals surface area contributed by atoms with Gasteiger partial charge >= 0.3 is 5.97 Å². The van der Waals surface area contributed by atoms with Crippen molar-refractivity contribution in [1.29, 1.82) is 0 Å². The molecule has 0 bridgehead atoms. The molecule has 3 aromatic carbocycles. The molecule has 0 saturated carbocycles. The first-order valence-electron chi connectivity index (χ1n) is 9.70. The van der Waals surface area contributed by atoms with E-state index in [2.05, 4.69) is 15.5 Å². The summed E-state index contributed by atoms with van der Waals surface area (Å²) >= 11 is 0. The van der Waals surface area contributed by atoms with Crippen LogP contribution in [0, 0.1) is 0 Å². The van der Waals surface area contributed by atoms with Gasteiger partial charge in [0.1, 0.15) is 0 Å². The number of hydrogen-bond donors (Lipinski definition) is 3. The molecular weight excluding hydrogens is 390 g/mol. The summed E-state index contributed by atoms with van der Waals surface area (Å²) in [5, 5.41) is 20.2. The van der Waals surface area contributed by atoms with Gasteiger partial charge in [-0.3, -0.25) is 9.89 Å². The molecule has 6 nitrogen and oxygen atoms in total. The van der Waals surface area contributed by atoms with Gasteiger partial charge in [-0.2, -0.15) is 5.10 Å². The largest absolute Gasteiger partial charge is 0.478 e. The van der Waals surface area contributed by atoms with Gasteiger partial charge in [0, 0.05) is 22.2 Å². The number of nitrogens with one attached hydrogen (secondary N) is 2. The number of anilines is 1. The molecule has 0 aliphatic carbocycles. The zero-order valence-corrected chi connectivity index (χ0v) is 16.3. The van der Waals surface area contributed by atoms with Gasteiger partial charge < -0.3 is 10.4 Å². The minimum absolute atomic E-state index is 0.108. The fourth-order valence-corrected chi connectivity index (χ4v) is 3.64. The molecule has 4 aromatic rings. The second-order valence-corrected chi connectivity index (χ2v) is 7.23. The molecule has 1 amide bonds. The maximum absolute atomic E-state index is 12.3. The van der Waals surface area contributed by atoms with Crippen LogP contribution in [0.1, 0.15) is 32.7 Å². The molecule has 1 aliphatic rings. The van der Waals surface area contributed by atoms with Crippen molar-refractivity contribution in [2.45, 2.75) is 0 Å². The first-order valence-corrected chi connectivity index (χ1v) is 9.70. The van der Waals surface area contributed by atoms with E-state index < -0.39 is 5.97 Å². The number of para-hydroxylation sites is 1. The molecule has 0 unspecified atom stereocenters. The minimum atomic E-state index is -0.946. The summed E-state index contributed by atoms with van der Waals surface area (Å²) in [5.74, 6) is -1.05. The SMILES string of the molecule is O=C1Nc2ccccc2/C1=C\c1ccc2c(C=Cc3ccc(C(=O)O)cc3)n[nH]c2c1. The smallest absolute Gasteiger partial charge is 0.335 e. The van der Waals surface area contributed by atoms with Crippen LogP contribution in [0.2, 0.25) is 0 Å². The number of H-pyrrole nitrogens is 1. The van der Waals surface area contributed by atoms with Crippen molar-refractivity contribution in [3.63, 3.8) is 0 Å². The number of carboxylic acid groups (broad SMARTS) is 1. The van der Waals surface area contributed by atoms with Crippen molar-refractivity contribution >= 4 is 52.3 Å². The summed E-state index contributed by atoms with van der Waals surface area (Å²) in [4.78, 5) is 23.3. The fraction of sp³-hybridized carbons (Fsp3) is 0. The van der Waals surface area contributed by atoms with Gasteiger partial charge in [0.25, 0.3) is 5.91 Å². The van der Waals surface area contributed by atoms with Crippen LogP contribution in [0.15, 0.2) is 66.7 Å². The first-order chi connectivity index (χ1) is 15.1. The maximum Gasteiger partial charge on any atom is 0.335 e. The topological polar surface area (TPSA) is 95.1 Å². The third-order valence-electron chi connectivity index (χ3n) is 5.23. The molecule has 0 radical (unpaired) electrons. The van der Waals surface area contributed by atoms with Gasteiger partial charge in [-0.25, -0.2) is 4.79 Å². The number of hydrogen-bond acceptors (Lipinski definition) is 3. The monoisotopic (exact) mass is 407 g/mol. The Balaban J connectivity index is 1.43. The molecule has 31 heavy (non-hydrogen) atoms. The average Bonchev–Trinajstić information content (AvgIpc) is 3.33. The molecule has 5 rings (SSSR count). The van der Waals surface area contributed by atoms with Crippen molar-refractivity contribution in [2.24, 2.45) is 0 Å². The zero-order valence-electron chi connectivity index (χ0n) is 16.3. The number of aromatic nitrogens is 2. The first kappa shape index (κ1) is 18.6. The normalized spacial score (nSPS) is 14.3. The predicted molar refractivity (Wildman–Crippen MR) is 121 cm³/mol. The van der Waals surface area contributed by atoms with E-state index in [0.29, 0.717) is 5.57 Å². The van der Waals surface area contributed by atoms with Gasteiger partial charge in [-0.1, -0.05) is 42.5 Å². The third kappa shape index (κ3) is 3.51. The second-order valence-electron chi connectivity index (χ2n) is 7.23. The molecule has 0 fully saturated rings. The Morgan fingerprint density at radius 2 is 1.71 bits per heavy atom. The molecule has 2 heterocycles. The van der Waals surface area contributed by atoms with Gasteiger partial charge in [-0.15, -0.1) is 0 Å². The Kier molecular flexibility index (Phi) is 4.45. The van der Waals surface area contributed by atoms with E-state index in [9.17, 15) is 9.59 Å². The lowest BCUT2D eigenvalue weighted by molar-refractivity contribution is -0.110. The number of aromatic carboxylic acids is 1. The summed E-state index contributed by atoms with van der Waals surface area (Å²) in [5.41, 5.74) is 6.04. The third-order valence-corrected chi connectivity index (χ3v) is 5.23. The summed E-state index contributed by atoms with van der Waals surface area (Å²) < 4.78 is 0. The lowest BCUT2D eigenvalue weighted by Crippen LogP contribution is -2.03. The van der Waals surface area contributed by atoms with Crippen LogP contribution in [0.5, 0.6) is 0 Å². The van der Waals surface area contributed by atoms with E-state index in [-0.39, 0.29) is 11.5 Å².